The zero-order valence-electron chi connectivity index (χ0n) is 11.7. The van der Waals surface area contributed by atoms with Gasteiger partial charge in [-0.2, -0.15) is 0 Å². The number of anilines is 1. The van der Waals surface area contributed by atoms with Crippen LogP contribution < -0.4 is 5.32 Å². The van der Waals surface area contributed by atoms with E-state index in [1.165, 1.54) is 0 Å². The van der Waals surface area contributed by atoms with Gasteiger partial charge in [-0.15, -0.1) is 6.42 Å². The first-order valence-electron chi connectivity index (χ1n) is 6.82. The molecule has 19 heavy (non-hydrogen) atoms. The Labute approximate surface area is 115 Å². The molecule has 1 heterocycles. The van der Waals surface area contributed by atoms with Crippen LogP contribution >= 0.6 is 0 Å². The van der Waals surface area contributed by atoms with E-state index in [-0.39, 0.29) is 0 Å². The third-order valence-electron chi connectivity index (χ3n) is 3.81. The van der Waals surface area contributed by atoms with Crippen LogP contribution in [0.3, 0.4) is 0 Å². The zero-order valence-corrected chi connectivity index (χ0v) is 11.7. The average molecular weight is 258 g/mol. The molecule has 0 atom stereocenters. The van der Waals surface area contributed by atoms with Gasteiger partial charge in [-0.25, -0.2) is 0 Å². The summed E-state index contributed by atoms with van der Waals surface area (Å²) >= 11 is 0. The molecule has 0 radical (unpaired) electrons. The summed E-state index contributed by atoms with van der Waals surface area (Å²) in [5, 5.41) is 13.3. The fourth-order valence-electron chi connectivity index (χ4n) is 2.54. The molecule has 0 amide bonds. The molecule has 1 aliphatic rings. The number of likely N-dealkylation sites (tertiary alicyclic amines) is 1. The second-order valence-electron chi connectivity index (χ2n) is 5.35. The topological polar surface area (TPSA) is 35.5 Å². The molecule has 0 bridgehead atoms. The molecule has 0 unspecified atom stereocenters. The highest BCUT2D eigenvalue weighted by atomic mass is 16.3. The van der Waals surface area contributed by atoms with Crippen LogP contribution in [-0.2, 0) is 0 Å². The van der Waals surface area contributed by atoms with Gasteiger partial charge >= 0.3 is 0 Å². The van der Waals surface area contributed by atoms with Crippen LogP contribution in [0.15, 0.2) is 12.1 Å². The van der Waals surface area contributed by atoms with Crippen molar-refractivity contribution in [1.29, 1.82) is 0 Å². The van der Waals surface area contributed by atoms with E-state index >= 15 is 0 Å². The van der Waals surface area contributed by atoms with Gasteiger partial charge in [-0.1, -0.05) is 5.92 Å². The Balaban J connectivity index is 1.96. The Kier molecular flexibility index (Phi) is 4.34. The van der Waals surface area contributed by atoms with Gasteiger partial charge in [-0.05, 0) is 49.9 Å². The summed E-state index contributed by atoms with van der Waals surface area (Å²) in [7, 11) is 0. The van der Waals surface area contributed by atoms with Crippen LogP contribution in [0.1, 0.15) is 24.0 Å². The summed E-state index contributed by atoms with van der Waals surface area (Å²) in [5.41, 5.74) is 3.14. The van der Waals surface area contributed by atoms with Gasteiger partial charge in [0.15, 0.2) is 0 Å². The SMILES string of the molecule is C#CCN1CCC(Nc2cc(C)c(O)cc2C)CC1. The average Bonchev–Trinajstić information content (AvgIpc) is 2.38. The van der Waals surface area contributed by atoms with Gasteiger partial charge in [0.2, 0.25) is 0 Å². The van der Waals surface area contributed by atoms with Crippen LogP contribution in [0.25, 0.3) is 0 Å². The number of nitrogens with zero attached hydrogens (tertiary/aromatic N) is 1. The highest BCUT2D eigenvalue weighted by Gasteiger charge is 2.18. The molecule has 0 spiro atoms. The smallest absolute Gasteiger partial charge is 0.118 e. The molecule has 1 aromatic carbocycles. The van der Waals surface area contributed by atoms with E-state index in [1.54, 1.807) is 0 Å². The maximum Gasteiger partial charge on any atom is 0.118 e. The molecular weight excluding hydrogens is 236 g/mol. The highest BCUT2D eigenvalue weighted by Crippen LogP contribution is 2.26. The molecule has 3 nitrogen and oxygen atoms in total. The van der Waals surface area contributed by atoms with E-state index in [4.69, 9.17) is 6.42 Å². The van der Waals surface area contributed by atoms with E-state index in [2.05, 4.69) is 16.1 Å². The van der Waals surface area contributed by atoms with Crippen molar-refractivity contribution in [2.24, 2.45) is 0 Å². The van der Waals surface area contributed by atoms with Crippen LogP contribution in [0, 0.1) is 26.2 Å². The minimum atomic E-state index is 0.367. The maximum absolute atomic E-state index is 9.67. The Morgan fingerprint density at radius 1 is 1.32 bits per heavy atom. The minimum absolute atomic E-state index is 0.367. The lowest BCUT2D eigenvalue weighted by Gasteiger charge is -2.32. The maximum atomic E-state index is 9.67. The highest BCUT2D eigenvalue weighted by molar-refractivity contribution is 5.57. The number of phenolic OH excluding ortho intramolecular Hbond substituents is 1. The van der Waals surface area contributed by atoms with Crippen molar-refractivity contribution >= 4 is 5.69 Å². The molecule has 1 aliphatic heterocycles. The van der Waals surface area contributed by atoms with E-state index in [0.29, 0.717) is 11.8 Å². The summed E-state index contributed by atoms with van der Waals surface area (Å²) in [6.45, 7) is 6.81. The number of hydrogen-bond donors (Lipinski definition) is 2. The predicted molar refractivity (Wildman–Crippen MR) is 79.5 cm³/mol. The van der Waals surface area contributed by atoms with Crippen molar-refractivity contribution in [2.75, 3.05) is 25.0 Å². The molecule has 1 saturated heterocycles. The van der Waals surface area contributed by atoms with Crippen LogP contribution in [-0.4, -0.2) is 35.7 Å². The summed E-state index contributed by atoms with van der Waals surface area (Å²) in [6.07, 6.45) is 7.56. The Morgan fingerprint density at radius 3 is 2.63 bits per heavy atom. The van der Waals surface area contributed by atoms with Crippen molar-refractivity contribution in [3.05, 3.63) is 23.3 Å². The van der Waals surface area contributed by atoms with Gasteiger partial charge in [0.25, 0.3) is 0 Å². The third-order valence-corrected chi connectivity index (χ3v) is 3.81. The Bertz CT molecular complexity index is 482. The largest absolute Gasteiger partial charge is 0.508 e. The molecule has 0 aliphatic carbocycles. The van der Waals surface area contributed by atoms with Crippen molar-refractivity contribution in [1.82, 2.24) is 4.90 Å². The van der Waals surface area contributed by atoms with Gasteiger partial charge < -0.3 is 10.4 Å². The van der Waals surface area contributed by atoms with Gasteiger partial charge in [0, 0.05) is 24.8 Å². The lowest BCUT2D eigenvalue weighted by atomic mass is 10.0. The van der Waals surface area contributed by atoms with Crippen molar-refractivity contribution < 1.29 is 5.11 Å². The molecule has 102 valence electrons. The predicted octanol–water partition coefficient (Wildman–Crippen LogP) is 2.52. The lowest BCUT2D eigenvalue weighted by Crippen LogP contribution is -2.39. The van der Waals surface area contributed by atoms with Gasteiger partial charge in [0.1, 0.15) is 5.75 Å². The van der Waals surface area contributed by atoms with Crippen molar-refractivity contribution in [3.8, 4) is 18.1 Å². The number of hydrogen-bond acceptors (Lipinski definition) is 3. The van der Waals surface area contributed by atoms with E-state index < -0.39 is 0 Å². The zero-order chi connectivity index (χ0) is 13.8. The van der Waals surface area contributed by atoms with Gasteiger partial charge in [0.05, 0.1) is 6.54 Å². The Morgan fingerprint density at radius 2 is 2.00 bits per heavy atom. The first-order chi connectivity index (χ1) is 9.10. The van der Waals surface area contributed by atoms with Gasteiger partial charge in [-0.3, -0.25) is 4.90 Å². The first kappa shape index (κ1) is 13.8. The number of phenols is 1. The number of benzene rings is 1. The second kappa shape index (κ2) is 5.99. The van der Waals surface area contributed by atoms with Crippen LogP contribution in [0.2, 0.25) is 0 Å². The molecule has 2 N–H and O–H groups in total. The number of rotatable bonds is 3. The number of aryl methyl sites for hydroxylation is 2. The quantitative estimate of drug-likeness (QED) is 0.646. The fraction of sp³-hybridized carbons (Fsp3) is 0.500. The van der Waals surface area contributed by atoms with E-state index in [1.807, 2.05) is 26.0 Å². The first-order valence-corrected chi connectivity index (χ1v) is 6.82. The van der Waals surface area contributed by atoms with Crippen molar-refractivity contribution in [3.63, 3.8) is 0 Å². The standard InChI is InChI=1S/C16H22N2O/c1-4-7-18-8-5-14(6-9-18)17-15-10-13(3)16(19)11-12(15)2/h1,10-11,14,17,19H,5-9H2,2-3H3. The molecule has 3 heteroatoms. The second-order valence-corrected chi connectivity index (χ2v) is 5.35. The minimum Gasteiger partial charge on any atom is -0.508 e. The van der Waals surface area contributed by atoms with Crippen LogP contribution in [0.4, 0.5) is 5.69 Å². The number of piperidine rings is 1. The Hall–Kier alpha value is -1.66. The molecule has 0 saturated carbocycles. The summed E-state index contributed by atoms with van der Waals surface area (Å²) in [6, 6.07) is 4.35. The summed E-state index contributed by atoms with van der Waals surface area (Å²) < 4.78 is 0. The monoisotopic (exact) mass is 258 g/mol. The fourth-order valence-corrected chi connectivity index (χ4v) is 2.54. The summed E-state index contributed by atoms with van der Waals surface area (Å²) in [4.78, 5) is 2.31. The van der Waals surface area contributed by atoms with E-state index in [0.717, 1.165) is 49.3 Å². The molecule has 0 aromatic heterocycles. The molecule has 1 fully saturated rings. The normalized spacial score (nSPS) is 17.1. The third kappa shape index (κ3) is 3.42. The number of nitrogens with one attached hydrogen (secondary N) is 1. The van der Waals surface area contributed by atoms with Crippen LogP contribution in [0.5, 0.6) is 5.75 Å². The van der Waals surface area contributed by atoms with Crippen molar-refractivity contribution in [2.45, 2.75) is 32.7 Å². The molecule has 2 rings (SSSR count). The lowest BCUT2D eigenvalue weighted by molar-refractivity contribution is 0.243. The molecule has 1 aromatic rings. The number of aromatic hydroxyl groups is 1. The summed E-state index contributed by atoms with van der Waals surface area (Å²) in [5.74, 6) is 3.07. The van der Waals surface area contributed by atoms with E-state index in [9.17, 15) is 5.11 Å². The molecular formula is C16H22N2O. The number of terminal acetylenes is 1.